The van der Waals surface area contributed by atoms with E-state index in [4.69, 9.17) is 4.74 Å². The summed E-state index contributed by atoms with van der Waals surface area (Å²) in [6, 6.07) is 5.63. The van der Waals surface area contributed by atoms with Gasteiger partial charge >= 0.3 is 0 Å². The van der Waals surface area contributed by atoms with Crippen molar-refractivity contribution in [1.29, 1.82) is 0 Å². The van der Waals surface area contributed by atoms with E-state index in [2.05, 4.69) is 5.32 Å². The van der Waals surface area contributed by atoms with Crippen LogP contribution in [0.2, 0.25) is 0 Å². The Bertz CT molecular complexity index is 362. The average molecular weight is 239 g/mol. The zero-order valence-corrected chi connectivity index (χ0v) is 10.4. The van der Waals surface area contributed by atoms with Gasteiger partial charge in [0, 0.05) is 12.3 Å². The zero-order chi connectivity index (χ0) is 12.8. The van der Waals surface area contributed by atoms with Crippen LogP contribution in [0.15, 0.2) is 24.3 Å². The van der Waals surface area contributed by atoms with Crippen molar-refractivity contribution >= 4 is 11.6 Å². The maximum Gasteiger partial charge on any atom is 0.253 e. The molecule has 0 saturated heterocycles. The number of amides is 1. The predicted molar refractivity (Wildman–Crippen MR) is 65.3 cm³/mol. The molecular weight excluding hydrogens is 221 g/mol. The van der Waals surface area contributed by atoms with Crippen molar-refractivity contribution in [3.63, 3.8) is 0 Å². The van der Waals surface area contributed by atoms with Crippen LogP contribution in [0.1, 0.15) is 20.8 Å². The highest BCUT2D eigenvalue weighted by Crippen LogP contribution is 2.09. The molecule has 0 aliphatic rings. The Morgan fingerprint density at radius 3 is 2.41 bits per heavy atom. The maximum atomic E-state index is 12.7. The molecule has 1 amide bonds. The standard InChI is InChI=1S/C13H18FNO2/c1-9(2)8-17-10(3)13(16)15-12-6-4-11(14)5-7-12/h4-7,9-10H,8H2,1-3H3,(H,15,16)/t10-/m1/s1. The number of carbonyl (C=O) groups excluding carboxylic acids is 1. The highest BCUT2D eigenvalue weighted by Gasteiger charge is 2.13. The number of anilines is 1. The van der Waals surface area contributed by atoms with Crippen LogP contribution in [0.5, 0.6) is 0 Å². The van der Waals surface area contributed by atoms with E-state index in [1.54, 1.807) is 6.92 Å². The second kappa shape index (κ2) is 6.35. The lowest BCUT2D eigenvalue weighted by atomic mass is 10.2. The Hall–Kier alpha value is -1.42. The topological polar surface area (TPSA) is 38.3 Å². The normalized spacial score (nSPS) is 12.5. The van der Waals surface area contributed by atoms with Gasteiger partial charge in [-0.15, -0.1) is 0 Å². The number of carbonyl (C=O) groups is 1. The fourth-order valence-corrected chi connectivity index (χ4v) is 1.19. The van der Waals surface area contributed by atoms with Crippen LogP contribution in [-0.4, -0.2) is 18.6 Å². The largest absolute Gasteiger partial charge is 0.368 e. The quantitative estimate of drug-likeness (QED) is 0.858. The van der Waals surface area contributed by atoms with Crippen LogP contribution in [0.3, 0.4) is 0 Å². The van der Waals surface area contributed by atoms with Gasteiger partial charge in [-0.1, -0.05) is 13.8 Å². The molecule has 1 aromatic rings. The summed E-state index contributed by atoms with van der Waals surface area (Å²) in [5.74, 6) is -0.166. The third kappa shape index (κ3) is 4.95. The van der Waals surface area contributed by atoms with Crippen molar-refractivity contribution in [1.82, 2.24) is 0 Å². The van der Waals surface area contributed by atoms with Crippen molar-refractivity contribution in [2.75, 3.05) is 11.9 Å². The van der Waals surface area contributed by atoms with Gasteiger partial charge in [0.1, 0.15) is 11.9 Å². The van der Waals surface area contributed by atoms with Crippen LogP contribution >= 0.6 is 0 Å². The number of hydrogen-bond acceptors (Lipinski definition) is 2. The third-order valence-corrected chi connectivity index (χ3v) is 2.16. The van der Waals surface area contributed by atoms with Crippen LogP contribution < -0.4 is 5.32 Å². The lowest BCUT2D eigenvalue weighted by Crippen LogP contribution is -2.28. The molecule has 94 valence electrons. The van der Waals surface area contributed by atoms with Gasteiger partial charge in [0.25, 0.3) is 5.91 Å². The van der Waals surface area contributed by atoms with Crippen LogP contribution in [-0.2, 0) is 9.53 Å². The first-order chi connectivity index (χ1) is 7.99. The SMILES string of the molecule is CC(C)CO[C@H](C)C(=O)Nc1ccc(F)cc1. The van der Waals surface area contributed by atoms with Gasteiger partial charge in [-0.05, 0) is 37.1 Å². The molecule has 1 rings (SSSR count). The Morgan fingerprint density at radius 2 is 1.88 bits per heavy atom. The number of benzene rings is 1. The van der Waals surface area contributed by atoms with E-state index < -0.39 is 6.10 Å². The minimum absolute atomic E-state index is 0.225. The first kappa shape index (κ1) is 13.6. The summed E-state index contributed by atoms with van der Waals surface area (Å²) >= 11 is 0. The van der Waals surface area contributed by atoms with Crippen molar-refractivity contribution in [2.45, 2.75) is 26.9 Å². The average Bonchev–Trinajstić information content (AvgIpc) is 2.28. The van der Waals surface area contributed by atoms with Gasteiger partial charge in [-0.3, -0.25) is 4.79 Å². The van der Waals surface area contributed by atoms with Crippen molar-refractivity contribution in [3.05, 3.63) is 30.1 Å². The van der Waals surface area contributed by atoms with Crippen LogP contribution in [0.4, 0.5) is 10.1 Å². The Balaban J connectivity index is 2.45. The first-order valence-corrected chi connectivity index (χ1v) is 5.67. The maximum absolute atomic E-state index is 12.7. The van der Waals surface area contributed by atoms with Crippen molar-refractivity contribution < 1.29 is 13.9 Å². The molecule has 0 saturated carbocycles. The van der Waals surface area contributed by atoms with E-state index in [0.717, 1.165) is 0 Å². The van der Waals surface area contributed by atoms with E-state index in [9.17, 15) is 9.18 Å². The lowest BCUT2D eigenvalue weighted by molar-refractivity contribution is -0.126. The van der Waals surface area contributed by atoms with Gasteiger partial charge in [0.15, 0.2) is 0 Å². The minimum Gasteiger partial charge on any atom is -0.368 e. The van der Waals surface area contributed by atoms with Gasteiger partial charge in [0.2, 0.25) is 0 Å². The second-order valence-electron chi connectivity index (χ2n) is 4.37. The molecule has 0 heterocycles. The van der Waals surface area contributed by atoms with Gasteiger partial charge in [-0.25, -0.2) is 4.39 Å². The number of rotatable bonds is 5. The molecule has 1 N–H and O–H groups in total. The highest BCUT2D eigenvalue weighted by atomic mass is 19.1. The summed E-state index contributed by atoms with van der Waals surface area (Å²) < 4.78 is 18.0. The van der Waals surface area contributed by atoms with E-state index in [1.807, 2.05) is 13.8 Å². The van der Waals surface area contributed by atoms with Crippen molar-refractivity contribution in [3.8, 4) is 0 Å². The fourth-order valence-electron chi connectivity index (χ4n) is 1.19. The predicted octanol–water partition coefficient (Wildman–Crippen LogP) is 2.83. The minimum atomic E-state index is -0.512. The molecule has 1 atom stereocenters. The molecule has 0 aliphatic carbocycles. The Kier molecular flexibility index (Phi) is 5.10. The molecule has 0 fully saturated rings. The molecule has 0 spiro atoms. The van der Waals surface area contributed by atoms with Gasteiger partial charge in [-0.2, -0.15) is 0 Å². The molecule has 0 unspecified atom stereocenters. The molecule has 0 aromatic heterocycles. The van der Waals surface area contributed by atoms with Crippen molar-refractivity contribution in [2.24, 2.45) is 5.92 Å². The van der Waals surface area contributed by atoms with Crippen LogP contribution in [0.25, 0.3) is 0 Å². The lowest BCUT2D eigenvalue weighted by Gasteiger charge is -2.14. The summed E-state index contributed by atoms with van der Waals surface area (Å²) in [4.78, 5) is 11.7. The molecule has 0 bridgehead atoms. The molecule has 0 aliphatic heterocycles. The summed E-state index contributed by atoms with van der Waals surface area (Å²) in [5, 5.41) is 2.66. The first-order valence-electron chi connectivity index (χ1n) is 5.67. The number of ether oxygens (including phenoxy) is 1. The molecule has 17 heavy (non-hydrogen) atoms. The summed E-state index contributed by atoms with van der Waals surface area (Å²) in [6.07, 6.45) is -0.512. The van der Waals surface area contributed by atoms with Gasteiger partial charge in [0.05, 0.1) is 0 Å². The van der Waals surface area contributed by atoms with E-state index in [0.29, 0.717) is 18.2 Å². The smallest absolute Gasteiger partial charge is 0.253 e. The van der Waals surface area contributed by atoms with Crippen LogP contribution in [0, 0.1) is 11.7 Å². The molecule has 1 aromatic carbocycles. The molecule has 3 nitrogen and oxygen atoms in total. The fraction of sp³-hybridized carbons (Fsp3) is 0.462. The highest BCUT2D eigenvalue weighted by molar-refractivity contribution is 5.93. The zero-order valence-electron chi connectivity index (χ0n) is 10.4. The summed E-state index contributed by atoms with van der Waals surface area (Å²) in [5.41, 5.74) is 0.566. The van der Waals surface area contributed by atoms with E-state index >= 15 is 0 Å². The second-order valence-corrected chi connectivity index (χ2v) is 4.37. The molecular formula is C13H18FNO2. The molecule has 0 radical (unpaired) electrons. The Labute approximate surface area is 101 Å². The summed E-state index contributed by atoms with van der Waals surface area (Å²) in [7, 11) is 0. The number of halogens is 1. The van der Waals surface area contributed by atoms with E-state index in [1.165, 1.54) is 24.3 Å². The molecule has 4 heteroatoms. The number of nitrogens with one attached hydrogen (secondary N) is 1. The third-order valence-electron chi connectivity index (χ3n) is 2.16. The Morgan fingerprint density at radius 1 is 1.29 bits per heavy atom. The monoisotopic (exact) mass is 239 g/mol. The summed E-state index contributed by atoms with van der Waals surface area (Å²) in [6.45, 7) is 6.27. The van der Waals surface area contributed by atoms with E-state index in [-0.39, 0.29) is 11.7 Å². The van der Waals surface area contributed by atoms with Gasteiger partial charge < -0.3 is 10.1 Å². The number of hydrogen-bond donors (Lipinski definition) is 1.